The van der Waals surface area contributed by atoms with Crippen molar-refractivity contribution in [3.63, 3.8) is 0 Å². The van der Waals surface area contributed by atoms with Crippen LogP contribution in [0.15, 0.2) is 24.3 Å². The molecule has 6 nitrogen and oxygen atoms in total. The number of aryl methyl sites for hydroxylation is 1. The Hall–Kier alpha value is -1.77. The smallest absolute Gasteiger partial charge is 0.304 e. The van der Waals surface area contributed by atoms with Crippen molar-refractivity contribution >= 4 is 26.0 Å². The van der Waals surface area contributed by atoms with E-state index in [0.29, 0.717) is 12.1 Å². The van der Waals surface area contributed by atoms with Crippen molar-refractivity contribution in [2.45, 2.75) is 76.6 Å². The van der Waals surface area contributed by atoms with Crippen LogP contribution in [-0.4, -0.2) is 50.4 Å². The summed E-state index contributed by atoms with van der Waals surface area (Å²) in [5, 5.41) is 9.33. The van der Waals surface area contributed by atoms with Gasteiger partial charge in [-0.2, -0.15) is 0 Å². The van der Waals surface area contributed by atoms with Gasteiger partial charge in [-0.05, 0) is 56.0 Å². The number of benzene rings is 1. The number of carbonyl (C=O) groups is 2. The number of aliphatic hydroxyl groups excluding tert-OH is 1. The van der Waals surface area contributed by atoms with Crippen LogP contribution in [0, 0.1) is 5.92 Å². The number of rotatable bonds is 8. The van der Waals surface area contributed by atoms with Crippen LogP contribution < -0.4 is 4.90 Å². The highest BCUT2D eigenvalue weighted by Crippen LogP contribution is 2.46. The van der Waals surface area contributed by atoms with E-state index in [1.165, 1.54) is 11.8 Å². The molecule has 0 aromatic heterocycles. The van der Waals surface area contributed by atoms with Gasteiger partial charge in [0.05, 0.1) is 18.6 Å². The minimum atomic E-state index is -2.89. The lowest BCUT2D eigenvalue weighted by Crippen LogP contribution is -2.54. The summed E-state index contributed by atoms with van der Waals surface area (Å²) in [7, 11) is -2.89. The molecule has 1 amide bonds. The van der Waals surface area contributed by atoms with E-state index in [0.717, 1.165) is 18.4 Å². The summed E-state index contributed by atoms with van der Waals surface area (Å²) in [4.78, 5) is 24.6. The number of aliphatic hydroxyl groups is 1. The highest BCUT2D eigenvalue weighted by atomic mass is 28.4. The maximum Gasteiger partial charge on any atom is 0.304 e. The molecule has 2 aliphatic heterocycles. The number of hydrogen-bond acceptors (Lipinski definition) is 5. The quantitative estimate of drug-likeness (QED) is 0.291. The number of β-lactam (4-membered cyclic amide) rings is 1. The molecule has 2 aliphatic rings. The lowest BCUT2D eigenvalue weighted by atomic mass is 9.95. The Morgan fingerprint density at radius 3 is 2.47 bits per heavy atom. The van der Waals surface area contributed by atoms with Gasteiger partial charge in [-0.3, -0.25) is 14.5 Å². The zero-order valence-electron chi connectivity index (χ0n) is 18.1. The summed E-state index contributed by atoms with van der Waals surface area (Å²) in [6.45, 7) is 6.86. The lowest BCUT2D eigenvalue weighted by Gasteiger charge is -2.39. The number of halogens is 1. The standard InChI is InChI=1S/C22H32FNO5Si/c1-14-18(29-19(11-12-25)22(14)30(3,4)23)10-7-16-5-8-17(9-6-16)24-20(27)13-21(24)28-15(2)26/h5-6,8-9,14,18-19,21-22,25H,7,10-13H2,1-4H3/t14-,18+,19-,21?,22+/m0/s1. The van der Waals surface area contributed by atoms with Gasteiger partial charge in [-0.25, -0.2) is 0 Å². The van der Waals surface area contributed by atoms with E-state index >= 15 is 0 Å². The summed E-state index contributed by atoms with van der Waals surface area (Å²) in [6, 6.07) is 7.64. The van der Waals surface area contributed by atoms with E-state index in [1.807, 2.05) is 24.3 Å². The highest BCUT2D eigenvalue weighted by molar-refractivity contribution is 6.72. The maximum atomic E-state index is 14.9. The van der Waals surface area contributed by atoms with Gasteiger partial charge < -0.3 is 18.7 Å². The first kappa shape index (κ1) is 22.9. The fourth-order valence-electron chi connectivity index (χ4n) is 4.89. The molecule has 0 saturated carbocycles. The average Bonchev–Trinajstić information content (AvgIpc) is 2.96. The number of nitrogens with zero attached hydrogens (tertiary/aromatic N) is 1. The number of ether oxygens (including phenoxy) is 2. The van der Waals surface area contributed by atoms with Gasteiger partial charge in [0.25, 0.3) is 0 Å². The third-order valence-corrected chi connectivity index (χ3v) is 8.73. The van der Waals surface area contributed by atoms with Gasteiger partial charge in [0.1, 0.15) is 0 Å². The van der Waals surface area contributed by atoms with E-state index in [1.54, 1.807) is 13.1 Å². The molecule has 0 radical (unpaired) electrons. The van der Waals surface area contributed by atoms with Crippen LogP contribution in [0.3, 0.4) is 0 Å². The van der Waals surface area contributed by atoms with Gasteiger partial charge >= 0.3 is 5.97 Å². The van der Waals surface area contributed by atoms with Gasteiger partial charge in [0, 0.05) is 24.8 Å². The molecule has 1 aromatic rings. The third-order valence-electron chi connectivity index (χ3n) is 6.25. The first-order chi connectivity index (χ1) is 14.1. The third kappa shape index (κ3) is 4.92. The molecule has 3 rings (SSSR count). The van der Waals surface area contributed by atoms with Crippen molar-refractivity contribution in [3.8, 4) is 0 Å². The van der Waals surface area contributed by atoms with Crippen molar-refractivity contribution in [1.82, 2.24) is 0 Å². The Labute approximate surface area is 178 Å². The van der Waals surface area contributed by atoms with Crippen molar-refractivity contribution in [3.05, 3.63) is 29.8 Å². The monoisotopic (exact) mass is 437 g/mol. The van der Waals surface area contributed by atoms with Gasteiger partial charge in [0.2, 0.25) is 14.3 Å². The van der Waals surface area contributed by atoms with E-state index in [2.05, 4.69) is 6.92 Å². The first-order valence-electron chi connectivity index (χ1n) is 10.6. The first-order valence-corrected chi connectivity index (χ1v) is 13.6. The average molecular weight is 438 g/mol. The normalized spacial score (nSPS) is 29.1. The minimum Gasteiger partial charge on any atom is -0.441 e. The minimum absolute atomic E-state index is 0.0100. The van der Waals surface area contributed by atoms with Crippen LogP contribution in [0.25, 0.3) is 0 Å². The molecule has 1 aromatic carbocycles. The topological polar surface area (TPSA) is 76.1 Å². The van der Waals surface area contributed by atoms with Crippen LogP contribution in [0.1, 0.15) is 38.7 Å². The fraction of sp³-hybridized carbons (Fsp3) is 0.636. The number of esters is 1. The largest absolute Gasteiger partial charge is 0.441 e. The van der Waals surface area contributed by atoms with Crippen LogP contribution in [-0.2, 0) is 25.5 Å². The highest BCUT2D eigenvalue weighted by Gasteiger charge is 2.50. The zero-order chi connectivity index (χ0) is 22.1. The zero-order valence-corrected chi connectivity index (χ0v) is 19.1. The molecule has 0 bridgehead atoms. The van der Waals surface area contributed by atoms with Gasteiger partial charge in [-0.1, -0.05) is 19.1 Å². The van der Waals surface area contributed by atoms with Crippen LogP contribution in [0.4, 0.5) is 9.80 Å². The van der Waals surface area contributed by atoms with E-state index < -0.39 is 20.6 Å². The molecule has 0 aliphatic carbocycles. The Morgan fingerprint density at radius 2 is 1.93 bits per heavy atom. The van der Waals surface area contributed by atoms with Crippen molar-refractivity contribution in [2.75, 3.05) is 11.5 Å². The molecule has 1 unspecified atom stereocenters. The molecule has 2 saturated heterocycles. The van der Waals surface area contributed by atoms with Crippen LogP contribution in [0.2, 0.25) is 18.6 Å². The second-order valence-corrected chi connectivity index (χ2v) is 12.7. The second kappa shape index (κ2) is 9.16. The molecule has 30 heavy (non-hydrogen) atoms. The summed E-state index contributed by atoms with van der Waals surface area (Å²) in [6.07, 6.45) is 1.49. The van der Waals surface area contributed by atoms with Crippen molar-refractivity contribution < 1.29 is 28.3 Å². The molecule has 2 fully saturated rings. The van der Waals surface area contributed by atoms with Gasteiger partial charge in [-0.15, -0.1) is 0 Å². The second-order valence-electron chi connectivity index (χ2n) is 8.91. The van der Waals surface area contributed by atoms with Crippen LogP contribution >= 0.6 is 0 Å². The van der Waals surface area contributed by atoms with Gasteiger partial charge in [0.15, 0.2) is 6.23 Å². The molecule has 0 spiro atoms. The molecule has 2 heterocycles. The predicted molar refractivity (Wildman–Crippen MR) is 114 cm³/mol. The summed E-state index contributed by atoms with van der Waals surface area (Å²) < 4.78 is 26.2. The van der Waals surface area contributed by atoms with E-state index in [4.69, 9.17) is 9.47 Å². The Bertz CT molecular complexity index is 766. The molecule has 1 N–H and O–H groups in total. The molecular formula is C22H32FNO5Si. The number of anilines is 1. The number of hydrogen-bond donors (Lipinski definition) is 1. The SMILES string of the molecule is CC(=O)OC1CC(=O)N1c1ccc(CC[C@H]2O[C@@H](CCO)[C@H]([Si](C)(C)F)[C@H]2C)cc1. The van der Waals surface area contributed by atoms with E-state index in [-0.39, 0.29) is 42.6 Å². The Morgan fingerprint density at radius 1 is 1.27 bits per heavy atom. The summed E-state index contributed by atoms with van der Waals surface area (Å²) >= 11 is 0. The molecule has 5 atom stereocenters. The van der Waals surface area contributed by atoms with E-state index in [9.17, 15) is 18.8 Å². The summed E-state index contributed by atoms with van der Waals surface area (Å²) in [5.74, 6) is -0.353. The predicted octanol–water partition coefficient (Wildman–Crippen LogP) is 3.58. The Balaban J connectivity index is 1.60. The lowest BCUT2D eigenvalue weighted by molar-refractivity contribution is -0.153. The fourth-order valence-corrected chi connectivity index (χ4v) is 7.49. The van der Waals surface area contributed by atoms with Crippen molar-refractivity contribution in [1.29, 1.82) is 0 Å². The molecule has 166 valence electrons. The molecular weight excluding hydrogens is 405 g/mol. The number of carbonyl (C=O) groups excluding carboxylic acids is 2. The van der Waals surface area contributed by atoms with Crippen molar-refractivity contribution in [2.24, 2.45) is 5.92 Å². The number of amides is 1. The molecule has 8 heteroatoms. The summed E-state index contributed by atoms with van der Waals surface area (Å²) in [5.41, 5.74) is 1.71. The maximum absolute atomic E-state index is 14.9. The Kier molecular flexibility index (Phi) is 6.99. The van der Waals surface area contributed by atoms with Crippen LogP contribution in [0.5, 0.6) is 0 Å².